The molecule has 3 aromatic rings. The number of hydrogen-bond donors (Lipinski definition) is 0. The van der Waals surface area contributed by atoms with Gasteiger partial charge in [0.05, 0.1) is 13.2 Å². The summed E-state index contributed by atoms with van der Waals surface area (Å²) in [7, 11) is 0. The Morgan fingerprint density at radius 3 is 1.89 bits per heavy atom. The van der Waals surface area contributed by atoms with Crippen LogP contribution in [0.15, 0.2) is 60.7 Å². The lowest BCUT2D eigenvalue weighted by molar-refractivity contribution is 0.0730. The number of para-hydroxylation sites is 1. The van der Waals surface area contributed by atoms with E-state index in [-0.39, 0.29) is 0 Å². The van der Waals surface area contributed by atoms with Gasteiger partial charge in [0.25, 0.3) is 0 Å². The molecule has 3 rings (SSSR count). The predicted molar refractivity (Wildman–Crippen MR) is 144 cm³/mol. The molecule has 0 spiro atoms. The summed E-state index contributed by atoms with van der Waals surface area (Å²) < 4.78 is 18.2. The van der Waals surface area contributed by atoms with Crippen molar-refractivity contribution in [1.29, 1.82) is 0 Å². The third kappa shape index (κ3) is 8.31. The first kappa shape index (κ1) is 26.6. The van der Waals surface area contributed by atoms with Crippen molar-refractivity contribution in [2.45, 2.75) is 78.1 Å². The van der Waals surface area contributed by atoms with Gasteiger partial charge < -0.3 is 14.2 Å². The fourth-order valence-corrected chi connectivity index (χ4v) is 4.16. The van der Waals surface area contributed by atoms with Gasteiger partial charge in [0.15, 0.2) is 0 Å². The number of fused-ring (bicyclic) bond motifs is 1. The second kappa shape index (κ2) is 15.1. The van der Waals surface area contributed by atoms with Gasteiger partial charge in [-0.3, -0.25) is 0 Å². The Morgan fingerprint density at radius 1 is 0.657 bits per heavy atom. The maximum atomic E-state index is 13.3. The van der Waals surface area contributed by atoms with E-state index in [4.69, 9.17) is 14.2 Å². The summed E-state index contributed by atoms with van der Waals surface area (Å²) in [4.78, 5) is 13.3. The Hall–Kier alpha value is -3.01. The highest BCUT2D eigenvalue weighted by molar-refractivity contribution is 6.04. The molecule has 4 nitrogen and oxygen atoms in total. The van der Waals surface area contributed by atoms with Crippen molar-refractivity contribution in [3.8, 4) is 17.2 Å². The monoisotopic (exact) mass is 476 g/mol. The van der Waals surface area contributed by atoms with Gasteiger partial charge >= 0.3 is 5.97 Å². The van der Waals surface area contributed by atoms with E-state index in [0.29, 0.717) is 36.0 Å². The highest BCUT2D eigenvalue weighted by Gasteiger charge is 2.21. The van der Waals surface area contributed by atoms with Crippen molar-refractivity contribution in [2.75, 3.05) is 13.2 Å². The molecular formula is C31H40O4. The highest BCUT2D eigenvalue weighted by atomic mass is 16.5. The summed E-state index contributed by atoms with van der Waals surface area (Å²) in [6.07, 6.45) is 11.6. The Balaban J connectivity index is 1.84. The molecule has 3 aromatic carbocycles. The van der Waals surface area contributed by atoms with Crippen LogP contribution in [-0.2, 0) is 0 Å². The quantitative estimate of drug-likeness (QED) is 0.118. The molecule has 35 heavy (non-hydrogen) atoms. The van der Waals surface area contributed by atoms with Gasteiger partial charge in [-0.1, -0.05) is 108 Å². The zero-order chi connectivity index (χ0) is 24.7. The third-order valence-corrected chi connectivity index (χ3v) is 6.13. The molecule has 0 radical (unpaired) electrons. The zero-order valence-electron chi connectivity index (χ0n) is 21.4. The first-order chi connectivity index (χ1) is 17.2. The first-order valence-electron chi connectivity index (χ1n) is 13.3. The molecule has 188 valence electrons. The van der Waals surface area contributed by atoms with Gasteiger partial charge in [0.2, 0.25) is 0 Å². The van der Waals surface area contributed by atoms with E-state index in [1.54, 1.807) is 18.2 Å². The number of rotatable bonds is 16. The van der Waals surface area contributed by atoms with Crippen molar-refractivity contribution < 1.29 is 19.0 Å². The largest absolute Gasteiger partial charge is 0.493 e. The van der Waals surface area contributed by atoms with Gasteiger partial charge in [0, 0.05) is 10.8 Å². The number of carbonyl (C=O) groups is 1. The number of ether oxygens (including phenoxy) is 3. The predicted octanol–water partition coefficient (Wildman–Crippen LogP) is 8.76. The number of unbranched alkanes of at least 4 members (excludes halogenated alkanes) is 8. The molecular weight excluding hydrogens is 436 g/mol. The molecule has 0 N–H and O–H groups in total. The van der Waals surface area contributed by atoms with E-state index in [2.05, 4.69) is 13.8 Å². The van der Waals surface area contributed by atoms with Gasteiger partial charge in [-0.05, 0) is 31.0 Å². The standard InChI is InChI=1S/C31H40O4/c1-3-5-7-9-16-22-33-29-24-28(31(32)35-25-18-12-11-13-19-25)30(27-21-15-14-20-26(27)29)34-23-17-10-8-6-4-2/h11-15,18-21,24H,3-10,16-17,22-23H2,1-2H3. The summed E-state index contributed by atoms with van der Waals surface area (Å²) in [6.45, 7) is 5.62. The van der Waals surface area contributed by atoms with Crippen molar-refractivity contribution in [3.63, 3.8) is 0 Å². The minimum Gasteiger partial charge on any atom is -0.493 e. The molecule has 0 aromatic heterocycles. The van der Waals surface area contributed by atoms with E-state index in [9.17, 15) is 4.79 Å². The molecule has 0 atom stereocenters. The molecule has 0 aliphatic heterocycles. The number of esters is 1. The lowest BCUT2D eigenvalue weighted by Crippen LogP contribution is -2.13. The summed E-state index contributed by atoms with van der Waals surface area (Å²) in [6, 6.07) is 18.9. The molecule has 0 amide bonds. The van der Waals surface area contributed by atoms with Crippen molar-refractivity contribution >= 4 is 16.7 Å². The maximum Gasteiger partial charge on any atom is 0.347 e. The smallest absolute Gasteiger partial charge is 0.347 e. The topological polar surface area (TPSA) is 44.8 Å². The third-order valence-electron chi connectivity index (χ3n) is 6.13. The SMILES string of the molecule is CCCCCCCOc1cc(C(=O)Oc2ccccc2)c(OCCCCCCC)c2ccccc12. The fourth-order valence-electron chi connectivity index (χ4n) is 4.16. The zero-order valence-corrected chi connectivity index (χ0v) is 21.4. The highest BCUT2D eigenvalue weighted by Crippen LogP contribution is 2.38. The summed E-state index contributed by atoms with van der Waals surface area (Å²) in [5.74, 6) is 1.35. The lowest BCUT2D eigenvalue weighted by Gasteiger charge is -2.17. The molecule has 4 heteroatoms. The van der Waals surface area contributed by atoms with Crippen LogP contribution in [0.2, 0.25) is 0 Å². The molecule has 0 unspecified atom stereocenters. The van der Waals surface area contributed by atoms with Gasteiger partial charge in [-0.15, -0.1) is 0 Å². The van der Waals surface area contributed by atoms with E-state index >= 15 is 0 Å². The van der Waals surface area contributed by atoms with E-state index < -0.39 is 5.97 Å². The van der Waals surface area contributed by atoms with Crippen molar-refractivity contribution in [2.24, 2.45) is 0 Å². The first-order valence-corrected chi connectivity index (χ1v) is 13.3. The van der Waals surface area contributed by atoms with E-state index in [1.165, 1.54) is 38.5 Å². The van der Waals surface area contributed by atoms with Crippen LogP contribution in [0.25, 0.3) is 10.8 Å². The minimum absolute atomic E-state index is 0.405. The van der Waals surface area contributed by atoms with Crippen LogP contribution in [0.5, 0.6) is 17.2 Å². The Morgan fingerprint density at radius 2 is 1.23 bits per heavy atom. The number of hydrogen-bond acceptors (Lipinski definition) is 4. The van der Waals surface area contributed by atoms with Crippen LogP contribution >= 0.6 is 0 Å². The Bertz CT molecular complexity index is 1030. The van der Waals surface area contributed by atoms with Crippen LogP contribution in [0, 0.1) is 0 Å². The maximum absolute atomic E-state index is 13.3. The van der Waals surface area contributed by atoms with Crippen LogP contribution in [0.3, 0.4) is 0 Å². The molecule has 0 heterocycles. The molecule has 0 fully saturated rings. The average molecular weight is 477 g/mol. The van der Waals surface area contributed by atoms with Gasteiger partial charge in [-0.25, -0.2) is 4.79 Å². The Kier molecular flexibility index (Phi) is 11.5. The molecule has 0 saturated heterocycles. The van der Waals surface area contributed by atoms with Crippen LogP contribution in [0.4, 0.5) is 0 Å². The minimum atomic E-state index is -0.435. The molecule has 0 aliphatic carbocycles. The summed E-state index contributed by atoms with van der Waals surface area (Å²) >= 11 is 0. The number of carbonyl (C=O) groups excluding carboxylic acids is 1. The molecule has 0 saturated carbocycles. The summed E-state index contributed by atoms with van der Waals surface area (Å²) in [5.41, 5.74) is 0.405. The van der Waals surface area contributed by atoms with Gasteiger partial charge in [0.1, 0.15) is 22.8 Å². The van der Waals surface area contributed by atoms with Crippen molar-refractivity contribution in [3.05, 3.63) is 66.2 Å². The van der Waals surface area contributed by atoms with Crippen LogP contribution < -0.4 is 14.2 Å². The van der Waals surface area contributed by atoms with Crippen LogP contribution in [0.1, 0.15) is 88.4 Å². The second-order valence-corrected chi connectivity index (χ2v) is 9.02. The second-order valence-electron chi connectivity index (χ2n) is 9.02. The van der Waals surface area contributed by atoms with Gasteiger partial charge in [-0.2, -0.15) is 0 Å². The normalized spacial score (nSPS) is 10.9. The van der Waals surface area contributed by atoms with Crippen molar-refractivity contribution in [1.82, 2.24) is 0 Å². The number of benzene rings is 3. The van der Waals surface area contributed by atoms with E-state index in [1.807, 2.05) is 42.5 Å². The van der Waals surface area contributed by atoms with E-state index in [0.717, 1.165) is 36.5 Å². The molecule has 0 bridgehead atoms. The Labute approximate surface area is 210 Å². The molecule has 0 aliphatic rings. The van der Waals surface area contributed by atoms with Crippen LogP contribution in [-0.4, -0.2) is 19.2 Å². The fraction of sp³-hybridized carbons (Fsp3) is 0.452. The average Bonchev–Trinajstić information content (AvgIpc) is 2.89. The lowest BCUT2D eigenvalue weighted by atomic mass is 10.0. The summed E-state index contributed by atoms with van der Waals surface area (Å²) in [5, 5.41) is 1.84.